The number of rotatable bonds is 4. The minimum absolute atomic E-state index is 0.0207. The summed E-state index contributed by atoms with van der Waals surface area (Å²) in [5, 5.41) is 13.4. The Labute approximate surface area is 180 Å². The van der Waals surface area contributed by atoms with Gasteiger partial charge in [0.1, 0.15) is 11.4 Å². The monoisotopic (exact) mass is 426 g/mol. The molecule has 4 N–H and O–H groups in total. The van der Waals surface area contributed by atoms with Crippen LogP contribution in [0.5, 0.6) is 0 Å². The number of carbonyl (C=O) groups excluding carboxylic acids is 2. The molecule has 1 aliphatic rings. The summed E-state index contributed by atoms with van der Waals surface area (Å²) in [6, 6.07) is 12.5. The molecule has 0 radical (unpaired) electrons. The highest BCUT2D eigenvalue weighted by Gasteiger charge is 2.53. The Balaban J connectivity index is 2.01. The first-order valence-electron chi connectivity index (χ1n) is 9.85. The molecule has 2 aromatic carbocycles. The van der Waals surface area contributed by atoms with Gasteiger partial charge in [0, 0.05) is 18.3 Å². The summed E-state index contributed by atoms with van der Waals surface area (Å²) in [6.07, 6.45) is 0. The molecule has 164 valence electrons. The zero-order chi connectivity index (χ0) is 23.2. The predicted molar refractivity (Wildman–Crippen MR) is 117 cm³/mol. The third-order valence-electron chi connectivity index (χ3n) is 6.26. The first-order valence-corrected chi connectivity index (χ1v) is 9.85. The van der Waals surface area contributed by atoms with E-state index < -0.39 is 28.3 Å². The predicted octanol–water partition coefficient (Wildman–Crippen LogP) is 2.70. The molecular formula is C23H27FN4O3. The van der Waals surface area contributed by atoms with Crippen LogP contribution in [0.1, 0.15) is 38.8 Å². The first kappa shape index (κ1) is 22.4. The van der Waals surface area contributed by atoms with Gasteiger partial charge in [0.05, 0.1) is 5.41 Å². The highest BCUT2D eigenvalue weighted by Crippen LogP contribution is 2.47. The Hall–Kier alpha value is -3.26. The van der Waals surface area contributed by atoms with Gasteiger partial charge in [-0.15, -0.1) is 0 Å². The average molecular weight is 426 g/mol. The molecule has 0 aromatic heterocycles. The molecule has 2 atom stereocenters. The number of amides is 2. The standard InChI is InChI=1S/C23H27FN4O3/c1-21(2)19(30)28(5)20(25)27-23(21,4)16-13-15(11-12-17(16)24)26-18(29)22(3,31)14-9-7-6-8-10-14/h6-13,31H,1-5H3,(H2,25,27)(H,26,29). The maximum Gasteiger partial charge on any atom is 0.260 e. The van der Waals surface area contributed by atoms with Gasteiger partial charge < -0.3 is 16.2 Å². The summed E-state index contributed by atoms with van der Waals surface area (Å²) in [6.45, 7) is 6.36. The second kappa shape index (κ2) is 7.46. The van der Waals surface area contributed by atoms with Crippen LogP contribution in [0, 0.1) is 11.2 Å². The SMILES string of the molecule is CN1C(=O)C(C)(C)C(C)(c2cc(NC(=O)C(C)(O)c3ccccc3)ccc2F)N=C1N. The molecule has 0 saturated carbocycles. The summed E-state index contributed by atoms with van der Waals surface area (Å²) in [5.74, 6) is -1.59. The maximum absolute atomic E-state index is 14.9. The summed E-state index contributed by atoms with van der Waals surface area (Å²) in [7, 11) is 1.52. The molecule has 1 aliphatic heterocycles. The highest BCUT2D eigenvalue weighted by molar-refractivity contribution is 6.02. The van der Waals surface area contributed by atoms with Crippen molar-refractivity contribution in [3.05, 3.63) is 65.5 Å². The molecule has 7 nitrogen and oxygen atoms in total. The number of aliphatic imine (C=N–C) groups is 1. The molecule has 3 rings (SSSR count). The van der Waals surface area contributed by atoms with E-state index in [0.29, 0.717) is 5.56 Å². The quantitative estimate of drug-likeness (QED) is 0.699. The molecule has 0 spiro atoms. The normalized spacial score (nSPS) is 22.5. The lowest BCUT2D eigenvalue weighted by Gasteiger charge is -2.46. The lowest BCUT2D eigenvalue weighted by molar-refractivity contribution is -0.140. The van der Waals surface area contributed by atoms with Crippen LogP contribution >= 0.6 is 0 Å². The maximum atomic E-state index is 14.9. The Morgan fingerprint density at radius 1 is 1.19 bits per heavy atom. The van der Waals surface area contributed by atoms with Crippen molar-refractivity contribution in [1.82, 2.24) is 4.90 Å². The molecule has 2 aromatic rings. The van der Waals surface area contributed by atoms with Crippen LogP contribution in [0.3, 0.4) is 0 Å². The number of aliphatic hydroxyl groups is 1. The van der Waals surface area contributed by atoms with Crippen LogP contribution < -0.4 is 11.1 Å². The number of carbonyl (C=O) groups is 2. The minimum atomic E-state index is -1.80. The van der Waals surface area contributed by atoms with Crippen LogP contribution in [0.25, 0.3) is 0 Å². The van der Waals surface area contributed by atoms with Crippen LogP contribution in [0.15, 0.2) is 53.5 Å². The zero-order valence-electron chi connectivity index (χ0n) is 18.2. The fraction of sp³-hybridized carbons (Fsp3) is 0.348. The Morgan fingerprint density at radius 2 is 1.81 bits per heavy atom. The van der Waals surface area contributed by atoms with Crippen molar-refractivity contribution < 1.29 is 19.1 Å². The number of hydrogen-bond donors (Lipinski definition) is 3. The lowest BCUT2D eigenvalue weighted by Crippen LogP contribution is -2.58. The third kappa shape index (κ3) is 3.57. The van der Waals surface area contributed by atoms with E-state index in [1.807, 2.05) is 0 Å². The summed E-state index contributed by atoms with van der Waals surface area (Å²) >= 11 is 0. The van der Waals surface area contributed by atoms with E-state index in [9.17, 15) is 19.1 Å². The van der Waals surface area contributed by atoms with E-state index in [1.54, 1.807) is 51.1 Å². The number of halogens is 1. The van der Waals surface area contributed by atoms with Gasteiger partial charge in [-0.3, -0.25) is 14.5 Å². The van der Waals surface area contributed by atoms with Crippen molar-refractivity contribution in [2.45, 2.75) is 38.8 Å². The Bertz CT molecular complexity index is 1070. The van der Waals surface area contributed by atoms with E-state index in [-0.39, 0.29) is 23.1 Å². The topological polar surface area (TPSA) is 108 Å². The van der Waals surface area contributed by atoms with Crippen molar-refractivity contribution in [2.75, 3.05) is 12.4 Å². The van der Waals surface area contributed by atoms with Crippen molar-refractivity contribution in [3.63, 3.8) is 0 Å². The number of nitrogens with zero attached hydrogens (tertiary/aromatic N) is 2. The molecule has 31 heavy (non-hydrogen) atoms. The zero-order valence-corrected chi connectivity index (χ0v) is 18.2. The van der Waals surface area contributed by atoms with Crippen molar-refractivity contribution >= 4 is 23.5 Å². The van der Waals surface area contributed by atoms with E-state index in [4.69, 9.17) is 5.73 Å². The number of anilines is 1. The smallest absolute Gasteiger partial charge is 0.260 e. The Morgan fingerprint density at radius 3 is 2.42 bits per heavy atom. The van der Waals surface area contributed by atoms with E-state index in [2.05, 4.69) is 10.3 Å². The van der Waals surface area contributed by atoms with Crippen molar-refractivity contribution in [1.29, 1.82) is 0 Å². The van der Waals surface area contributed by atoms with Crippen LogP contribution in [-0.4, -0.2) is 34.8 Å². The van der Waals surface area contributed by atoms with Gasteiger partial charge in [-0.25, -0.2) is 9.38 Å². The average Bonchev–Trinajstić information content (AvgIpc) is 2.73. The lowest BCUT2D eigenvalue weighted by atomic mass is 9.67. The second-order valence-corrected chi connectivity index (χ2v) is 8.62. The molecule has 0 saturated heterocycles. The van der Waals surface area contributed by atoms with E-state index >= 15 is 0 Å². The van der Waals surface area contributed by atoms with E-state index in [1.165, 1.54) is 37.1 Å². The molecule has 2 unspecified atom stereocenters. The summed E-state index contributed by atoms with van der Waals surface area (Å²) in [4.78, 5) is 31.3. The number of guanidine groups is 1. The molecule has 8 heteroatoms. The van der Waals surface area contributed by atoms with Crippen LogP contribution in [-0.2, 0) is 20.7 Å². The number of nitrogens with one attached hydrogen (secondary N) is 1. The highest BCUT2D eigenvalue weighted by atomic mass is 19.1. The number of hydrogen-bond acceptors (Lipinski definition) is 5. The number of nitrogens with two attached hydrogens (primary N) is 1. The van der Waals surface area contributed by atoms with Gasteiger partial charge in [-0.05, 0) is 51.5 Å². The number of benzene rings is 2. The first-order chi connectivity index (χ1) is 14.3. The van der Waals surface area contributed by atoms with Gasteiger partial charge in [0.25, 0.3) is 5.91 Å². The summed E-state index contributed by atoms with van der Waals surface area (Å²) in [5.41, 5.74) is 2.49. The van der Waals surface area contributed by atoms with Gasteiger partial charge in [-0.2, -0.15) is 0 Å². The fourth-order valence-electron chi connectivity index (χ4n) is 3.69. The second-order valence-electron chi connectivity index (χ2n) is 8.62. The van der Waals surface area contributed by atoms with Gasteiger partial charge in [0.2, 0.25) is 5.91 Å². The minimum Gasteiger partial charge on any atom is -0.376 e. The fourth-order valence-corrected chi connectivity index (χ4v) is 3.69. The molecule has 0 aliphatic carbocycles. The van der Waals surface area contributed by atoms with Crippen LogP contribution in [0.2, 0.25) is 0 Å². The molecule has 2 amide bonds. The summed E-state index contributed by atoms with van der Waals surface area (Å²) < 4.78 is 14.9. The van der Waals surface area contributed by atoms with Crippen molar-refractivity contribution in [2.24, 2.45) is 16.1 Å². The van der Waals surface area contributed by atoms with Gasteiger partial charge in [0.15, 0.2) is 11.6 Å². The Kier molecular flexibility index (Phi) is 5.40. The van der Waals surface area contributed by atoms with Crippen molar-refractivity contribution in [3.8, 4) is 0 Å². The third-order valence-corrected chi connectivity index (χ3v) is 6.26. The van der Waals surface area contributed by atoms with Gasteiger partial charge in [-0.1, -0.05) is 30.3 Å². The molecule has 1 heterocycles. The molecule has 0 bridgehead atoms. The molecular weight excluding hydrogens is 399 g/mol. The molecule has 0 fully saturated rings. The van der Waals surface area contributed by atoms with Crippen LogP contribution in [0.4, 0.5) is 10.1 Å². The largest absolute Gasteiger partial charge is 0.376 e. The van der Waals surface area contributed by atoms with E-state index in [0.717, 1.165) is 0 Å². The van der Waals surface area contributed by atoms with Gasteiger partial charge >= 0.3 is 0 Å².